The van der Waals surface area contributed by atoms with Crippen molar-refractivity contribution in [1.82, 2.24) is 0 Å². The Morgan fingerprint density at radius 2 is 0.481 bits per heavy atom. The van der Waals surface area contributed by atoms with E-state index in [0.717, 1.165) is 109 Å². The summed E-state index contributed by atoms with van der Waals surface area (Å²) in [7, 11) is 0. The summed E-state index contributed by atoms with van der Waals surface area (Å²) in [6.45, 7) is 6.38. The zero-order valence-electron chi connectivity index (χ0n) is 53.3. The van der Waals surface area contributed by atoms with Crippen LogP contribution in [0.1, 0.15) is 329 Å². The van der Waals surface area contributed by atoms with E-state index in [-0.39, 0.29) is 37.5 Å². The summed E-state index contributed by atoms with van der Waals surface area (Å²) in [5.74, 6) is -0.934. The molecule has 0 heterocycles. The summed E-state index contributed by atoms with van der Waals surface area (Å²) in [6, 6.07) is 0. The molecule has 0 amide bonds. The van der Waals surface area contributed by atoms with E-state index in [1.807, 2.05) is 0 Å². The first-order chi connectivity index (χ1) is 40.0. The number of carbonyl (C=O) groups is 3. The van der Waals surface area contributed by atoms with Gasteiger partial charge in [-0.2, -0.15) is 0 Å². The van der Waals surface area contributed by atoms with E-state index < -0.39 is 6.10 Å². The maximum atomic E-state index is 12.9. The Bertz CT molecular complexity index is 1620. The lowest BCUT2D eigenvalue weighted by Crippen LogP contribution is -2.30. The van der Waals surface area contributed by atoms with E-state index in [1.165, 1.54) is 173 Å². The molecule has 0 aromatic rings. The summed E-state index contributed by atoms with van der Waals surface area (Å²) >= 11 is 0. The number of unbranched alkanes of at least 4 members (excludes halogenated alkanes) is 33. The van der Waals surface area contributed by atoms with Gasteiger partial charge in [-0.15, -0.1) is 0 Å². The minimum Gasteiger partial charge on any atom is -0.462 e. The molecule has 0 aliphatic carbocycles. The molecule has 0 spiro atoms. The van der Waals surface area contributed by atoms with Gasteiger partial charge < -0.3 is 14.2 Å². The fraction of sp³-hybridized carbons (Fsp3) is 0.720. The fourth-order valence-corrected chi connectivity index (χ4v) is 9.66. The maximum Gasteiger partial charge on any atom is 0.306 e. The zero-order chi connectivity index (χ0) is 58.5. The molecular formula is C75H128O6. The van der Waals surface area contributed by atoms with Gasteiger partial charge >= 0.3 is 17.9 Å². The van der Waals surface area contributed by atoms with Crippen LogP contribution in [0.25, 0.3) is 0 Å². The number of allylic oxidation sites excluding steroid dienone is 18. The SMILES string of the molecule is CC/C=C\C/C=C\C/C=C\C/C=C\CCCCCCCCCCCCCCCCCCCCCCCCC(=O)OCC(COC(=O)CCCCCCC/C=C\CCCCCC)OC(=O)CCCC/C=C\C/C=C\C/C=C\C/C=C\CC. The van der Waals surface area contributed by atoms with Crippen LogP contribution in [0.15, 0.2) is 109 Å². The number of esters is 3. The highest BCUT2D eigenvalue weighted by Crippen LogP contribution is 2.17. The summed E-state index contributed by atoms with van der Waals surface area (Å²) in [5, 5.41) is 0. The first-order valence-corrected chi connectivity index (χ1v) is 34.4. The molecule has 0 N–H and O–H groups in total. The van der Waals surface area contributed by atoms with Gasteiger partial charge in [0.25, 0.3) is 0 Å². The summed E-state index contributed by atoms with van der Waals surface area (Å²) in [6.07, 6.45) is 94.2. The van der Waals surface area contributed by atoms with E-state index in [2.05, 4.69) is 130 Å². The average Bonchev–Trinajstić information content (AvgIpc) is 3.46. The zero-order valence-corrected chi connectivity index (χ0v) is 53.3. The Hall–Kier alpha value is -3.93. The number of hydrogen-bond donors (Lipinski definition) is 0. The van der Waals surface area contributed by atoms with Crippen molar-refractivity contribution in [1.29, 1.82) is 0 Å². The Morgan fingerprint density at radius 3 is 0.790 bits per heavy atom. The van der Waals surface area contributed by atoms with Crippen molar-refractivity contribution in [2.24, 2.45) is 0 Å². The third-order valence-corrected chi connectivity index (χ3v) is 14.7. The van der Waals surface area contributed by atoms with Crippen molar-refractivity contribution in [3.05, 3.63) is 109 Å². The highest BCUT2D eigenvalue weighted by molar-refractivity contribution is 5.71. The Labute approximate surface area is 501 Å². The lowest BCUT2D eigenvalue weighted by Gasteiger charge is -2.18. The van der Waals surface area contributed by atoms with Crippen LogP contribution in [0.3, 0.4) is 0 Å². The van der Waals surface area contributed by atoms with Crippen LogP contribution in [-0.2, 0) is 28.6 Å². The number of carbonyl (C=O) groups excluding carboxylic acids is 3. The van der Waals surface area contributed by atoms with Crippen molar-refractivity contribution < 1.29 is 28.6 Å². The molecule has 0 rings (SSSR count). The summed E-state index contributed by atoms with van der Waals surface area (Å²) in [4.78, 5) is 38.3. The summed E-state index contributed by atoms with van der Waals surface area (Å²) in [5.41, 5.74) is 0. The molecule has 6 nitrogen and oxygen atoms in total. The van der Waals surface area contributed by atoms with E-state index in [1.54, 1.807) is 0 Å². The van der Waals surface area contributed by atoms with Crippen LogP contribution in [0.2, 0.25) is 0 Å². The van der Waals surface area contributed by atoms with Gasteiger partial charge in [-0.1, -0.05) is 297 Å². The highest BCUT2D eigenvalue weighted by atomic mass is 16.6. The highest BCUT2D eigenvalue weighted by Gasteiger charge is 2.19. The third kappa shape index (κ3) is 66.8. The fourth-order valence-electron chi connectivity index (χ4n) is 9.66. The van der Waals surface area contributed by atoms with Crippen LogP contribution < -0.4 is 0 Å². The van der Waals surface area contributed by atoms with E-state index in [9.17, 15) is 14.4 Å². The van der Waals surface area contributed by atoms with Crippen LogP contribution in [-0.4, -0.2) is 37.2 Å². The molecule has 81 heavy (non-hydrogen) atoms. The second-order valence-electron chi connectivity index (χ2n) is 22.7. The van der Waals surface area contributed by atoms with Crippen molar-refractivity contribution in [2.45, 2.75) is 335 Å². The van der Waals surface area contributed by atoms with Crippen molar-refractivity contribution in [3.63, 3.8) is 0 Å². The van der Waals surface area contributed by atoms with Gasteiger partial charge in [-0.3, -0.25) is 14.4 Å². The monoisotopic (exact) mass is 1120 g/mol. The van der Waals surface area contributed by atoms with Gasteiger partial charge in [0.15, 0.2) is 6.10 Å². The lowest BCUT2D eigenvalue weighted by molar-refractivity contribution is -0.167. The predicted octanol–water partition coefficient (Wildman–Crippen LogP) is 23.8. The molecule has 0 aliphatic rings. The molecule has 0 bridgehead atoms. The molecule has 1 atom stereocenters. The third-order valence-electron chi connectivity index (χ3n) is 14.7. The van der Waals surface area contributed by atoms with Crippen LogP contribution >= 0.6 is 0 Å². The average molecular weight is 1130 g/mol. The quantitative estimate of drug-likeness (QED) is 0.0261. The van der Waals surface area contributed by atoms with Gasteiger partial charge in [0.1, 0.15) is 13.2 Å². The summed E-state index contributed by atoms with van der Waals surface area (Å²) < 4.78 is 16.9. The first-order valence-electron chi connectivity index (χ1n) is 34.4. The number of rotatable bonds is 62. The number of hydrogen-bond acceptors (Lipinski definition) is 6. The molecule has 0 aliphatic heterocycles. The van der Waals surface area contributed by atoms with Crippen molar-refractivity contribution in [2.75, 3.05) is 13.2 Å². The Morgan fingerprint density at radius 1 is 0.259 bits per heavy atom. The molecule has 1 unspecified atom stereocenters. The smallest absolute Gasteiger partial charge is 0.306 e. The van der Waals surface area contributed by atoms with Crippen LogP contribution in [0.4, 0.5) is 0 Å². The first kappa shape index (κ1) is 77.1. The Kier molecular flexibility index (Phi) is 65.2. The van der Waals surface area contributed by atoms with Crippen LogP contribution in [0.5, 0.6) is 0 Å². The lowest BCUT2D eigenvalue weighted by atomic mass is 10.0. The van der Waals surface area contributed by atoms with E-state index in [4.69, 9.17) is 14.2 Å². The minimum atomic E-state index is -0.802. The molecule has 464 valence electrons. The molecule has 0 fully saturated rings. The van der Waals surface area contributed by atoms with E-state index in [0.29, 0.717) is 19.3 Å². The van der Waals surface area contributed by atoms with Gasteiger partial charge in [0.2, 0.25) is 0 Å². The number of ether oxygens (including phenoxy) is 3. The topological polar surface area (TPSA) is 78.9 Å². The predicted molar refractivity (Wildman–Crippen MR) is 353 cm³/mol. The molecule has 6 heteroatoms. The molecule has 0 aromatic carbocycles. The molecule has 0 aromatic heterocycles. The second kappa shape index (κ2) is 68.6. The van der Waals surface area contributed by atoms with Gasteiger partial charge in [-0.25, -0.2) is 0 Å². The Balaban J connectivity index is 4.12. The van der Waals surface area contributed by atoms with Crippen LogP contribution in [0, 0.1) is 0 Å². The molecule has 0 radical (unpaired) electrons. The largest absolute Gasteiger partial charge is 0.462 e. The standard InChI is InChI=1S/C75H128O6/c1-4-7-10-13-16-19-22-25-27-28-29-30-31-32-33-34-35-36-37-38-39-40-41-42-43-44-45-46-48-50-53-56-59-62-65-68-74(77)80-71-72(70-79-73(76)67-64-61-58-55-52-49-24-21-18-15-12-9-6-3)81-75(78)69-66-63-60-57-54-51-47-26-23-20-17-14-11-8-5-2/h7-8,10-11,16-17,19-21,24-27,29-30,47,54,57,72H,4-6,9,12-15,18,22-23,28,31-46,48-53,55-56,58-71H2,1-3H3/b10-7-,11-8-,19-16-,20-17-,24-21-,27-25-,30-29-,47-26-,57-54-. The maximum absolute atomic E-state index is 12.9. The van der Waals surface area contributed by atoms with Gasteiger partial charge in [0.05, 0.1) is 0 Å². The van der Waals surface area contributed by atoms with E-state index >= 15 is 0 Å². The second-order valence-corrected chi connectivity index (χ2v) is 22.7. The van der Waals surface area contributed by atoms with Crippen molar-refractivity contribution in [3.8, 4) is 0 Å². The van der Waals surface area contributed by atoms with Gasteiger partial charge in [-0.05, 0) is 122 Å². The molecular weight excluding hydrogens is 997 g/mol. The minimum absolute atomic E-state index is 0.0944. The van der Waals surface area contributed by atoms with Gasteiger partial charge in [0, 0.05) is 19.3 Å². The normalized spacial score (nSPS) is 12.8. The molecule has 0 saturated heterocycles. The van der Waals surface area contributed by atoms with Crippen molar-refractivity contribution >= 4 is 17.9 Å². The molecule has 0 saturated carbocycles.